The Hall–Kier alpha value is -0.973. The van der Waals surface area contributed by atoms with Crippen LogP contribution in [0.4, 0.5) is 9.18 Å². The fraction of sp³-hybridized carbons (Fsp3) is 0.611. The zero-order chi connectivity index (χ0) is 20.7. The second-order valence-electron chi connectivity index (χ2n) is 8.59. The van der Waals surface area contributed by atoms with Gasteiger partial charge in [-0.3, -0.25) is 4.99 Å². The molecule has 3 rings (SSSR count). The molecule has 0 radical (unpaired) electrons. The van der Waals surface area contributed by atoms with Crippen molar-refractivity contribution in [3.8, 4) is 0 Å². The van der Waals surface area contributed by atoms with Gasteiger partial charge in [0.25, 0.3) is 0 Å². The van der Waals surface area contributed by atoms with Gasteiger partial charge in [-0.1, -0.05) is 31.4 Å². The van der Waals surface area contributed by atoms with Crippen molar-refractivity contribution in [2.24, 2.45) is 10.9 Å². The third-order valence-electron chi connectivity index (χ3n) is 5.07. The van der Waals surface area contributed by atoms with Gasteiger partial charge in [-0.05, 0) is 41.4 Å². The van der Waals surface area contributed by atoms with Crippen LogP contribution in [0.1, 0.15) is 18.9 Å². The molecule has 2 heterocycles. The van der Waals surface area contributed by atoms with Crippen LogP contribution >= 0.6 is 27.7 Å². The Bertz CT molecular complexity index is 807. The lowest BCUT2D eigenvalue weighted by molar-refractivity contribution is 0.0702. The quantitative estimate of drug-likeness (QED) is 0.264. The molecule has 6 nitrogen and oxygen atoms in total. The zero-order valence-corrected chi connectivity index (χ0v) is 19.8. The number of thioether (sulfide) groups is 1. The highest BCUT2D eigenvalue weighted by Gasteiger charge is 2.57. The number of nitrogens with zero attached hydrogens (tertiary/aromatic N) is 3. The van der Waals surface area contributed by atoms with E-state index in [0.717, 1.165) is 17.4 Å². The minimum Gasteiger partial charge on any atom is -0.465 e. The summed E-state index contributed by atoms with van der Waals surface area (Å²) in [6, 6.07) is 2.64. The summed E-state index contributed by atoms with van der Waals surface area (Å²) in [7, 11) is -1.26. The monoisotopic (exact) mass is 489 g/mol. The van der Waals surface area contributed by atoms with Gasteiger partial charge in [0.15, 0.2) is 5.17 Å². The number of fused-ring (bicyclic) bond motifs is 1. The molecule has 0 bridgehead atoms. The molecule has 1 saturated carbocycles. The average Bonchev–Trinajstić information content (AvgIpc) is 3.36. The standard InChI is InChI=1S/C18H25BrFN3O3SSi/c1-18(13-7-11(19)9-21-15(13)20)12-8-14(12)27-16(22-18)23(17(24)25)10-26-5-6-28(2,3)4/h7,9,12,14H,5-6,8,10H2,1-4H3,(H,24,25)/t12?,14?,18-/m0/s1. The fourth-order valence-corrected chi connectivity index (χ4v) is 5.82. The number of aromatic nitrogens is 1. The maximum atomic E-state index is 14.5. The van der Waals surface area contributed by atoms with E-state index in [9.17, 15) is 14.3 Å². The number of amidine groups is 1. The number of aliphatic imine (C=N–C) groups is 1. The zero-order valence-electron chi connectivity index (χ0n) is 16.4. The molecule has 2 unspecified atom stereocenters. The molecule has 154 valence electrons. The molecule has 10 heteroatoms. The molecule has 0 saturated heterocycles. The van der Waals surface area contributed by atoms with Gasteiger partial charge >= 0.3 is 6.09 Å². The number of ether oxygens (including phenoxy) is 1. The van der Waals surface area contributed by atoms with E-state index in [2.05, 4.69) is 40.6 Å². The van der Waals surface area contributed by atoms with Gasteiger partial charge in [0.2, 0.25) is 5.95 Å². The highest BCUT2D eigenvalue weighted by molar-refractivity contribution is 9.10. The minimum atomic E-state index is -1.26. The van der Waals surface area contributed by atoms with Gasteiger partial charge in [0, 0.05) is 42.1 Å². The first-order valence-electron chi connectivity index (χ1n) is 9.17. The van der Waals surface area contributed by atoms with Crippen molar-refractivity contribution in [3.05, 3.63) is 28.2 Å². The lowest BCUT2D eigenvalue weighted by Crippen LogP contribution is -2.41. The molecule has 1 aliphatic heterocycles. The Balaban J connectivity index is 1.83. The van der Waals surface area contributed by atoms with Crippen molar-refractivity contribution in [2.45, 2.75) is 49.8 Å². The Morgan fingerprint density at radius 1 is 1.54 bits per heavy atom. The van der Waals surface area contributed by atoms with Gasteiger partial charge in [-0.25, -0.2) is 14.7 Å². The molecule has 3 atom stereocenters. The SMILES string of the molecule is C[C@]1(c2cc(Br)cnc2F)N=C(N(COCC[Si](C)(C)C)C(=O)O)SC2CC21. The Morgan fingerprint density at radius 3 is 2.89 bits per heavy atom. The van der Waals surface area contributed by atoms with Crippen molar-refractivity contribution >= 4 is 47.0 Å². The minimum absolute atomic E-state index is 0.0711. The molecule has 1 aliphatic carbocycles. The molecular formula is C18H25BrFN3O3SSi. The second-order valence-corrected chi connectivity index (χ2v) is 16.3. The highest BCUT2D eigenvalue weighted by Crippen LogP contribution is 2.58. The molecule has 1 aromatic rings. The van der Waals surface area contributed by atoms with Crippen molar-refractivity contribution in [2.75, 3.05) is 13.3 Å². The molecule has 1 aromatic heterocycles. The van der Waals surface area contributed by atoms with Gasteiger partial charge < -0.3 is 9.84 Å². The normalized spacial score (nSPS) is 26.4. The van der Waals surface area contributed by atoms with E-state index in [-0.39, 0.29) is 17.9 Å². The van der Waals surface area contributed by atoms with Crippen molar-refractivity contribution in [3.63, 3.8) is 0 Å². The van der Waals surface area contributed by atoms with Gasteiger partial charge in [0.05, 0.1) is 5.54 Å². The summed E-state index contributed by atoms with van der Waals surface area (Å²) >= 11 is 4.78. The highest BCUT2D eigenvalue weighted by atomic mass is 79.9. The first-order chi connectivity index (χ1) is 13.0. The maximum absolute atomic E-state index is 14.5. The van der Waals surface area contributed by atoms with Crippen LogP contribution in [-0.2, 0) is 10.3 Å². The van der Waals surface area contributed by atoms with Crippen LogP contribution in [0.5, 0.6) is 0 Å². The summed E-state index contributed by atoms with van der Waals surface area (Å²) in [5.41, 5.74) is -0.463. The molecule has 1 amide bonds. The summed E-state index contributed by atoms with van der Waals surface area (Å²) in [6.45, 7) is 9.03. The third-order valence-corrected chi connectivity index (χ3v) is 8.55. The van der Waals surface area contributed by atoms with E-state index < -0.39 is 25.7 Å². The number of carboxylic acid groups (broad SMARTS) is 1. The summed E-state index contributed by atoms with van der Waals surface area (Å²) < 4.78 is 20.8. The number of pyridine rings is 1. The van der Waals surface area contributed by atoms with Crippen LogP contribution < -0.4 is 0 Å². The number of amides is 1. The third kappa shape index (κ3) is 4.77. The maximum Gasteiger partial charge on any atom is 0.415 e. The van der Waals surface area contributed by atoms with Crippen LogP contribution in [0.25, 0.3) is 0 Å². The molecule has 1 fully saturated rings. The smallest absolute Gasteiger partial charge is 0.415 e. The van der Waals surface area contributed by atoms with E-state index in [1.807, 2.05) is 6.92 Å². The summed E-state index contributed by atoms with van der Waals surface area (Å²) in [4.78, 5) is 21.5. The molecule has 1 N–H and O–H groups in total. The number of halogens is 2. The van der Waals surface area contributed by atoms with E-state index in [1.54, 1.807) is 6.07 Å². The molecule has 2 aliphatic rings. The molecule has 0 aromatic carbocycles. The van der Waals surface area contributed by atoms with Crippen LogP contribution in [0.3, 0.4) is 0 Å². The van der Waals surface area contributed by atoms with Crippen LogP contribution in [0.2, 0.25) is 25.7 Å². The predicted octanol–water partition coefficient (Wildman–Crippen LogP) is 4.98. The van der Waals surface area contributed by atoms with Crippen LogP contribution in [0.15, 0.2) is 21.7 Å². The second kappa shape index (κ2) is 8.04. The van der Waals surface area contributed by atoms with E-state index in [1.165, 1.54) is 18.0 Å². The largest absolute Gasteiger partial charge is 0.465 e. The van der Waals surface area contributed by atoms with Crippen LogP contribution in [-0.4, -0.2) is 52.9 Å². The van der Waals surface area contributed by atoms with Crippen molar-refractivity contribution in [1.29, 1.82) is 0 Å². The van der Waals surface area contributed by atoms with Crippen molar-refractivity contribution < 1.29 is 19.0 Å². The summed E-state index contributed by atoms with van der Waals surface area (Å²) in [6.07, 6.45) is 1.16. The Labute approximate surface area is 178 Å². The fourth-order valence-electron chi connectivity index (χ4n) is 3.22. The Morgan fingerprint density at radius 2 is 2.25 bits per heavy atom. The number of carbonyl (C=O) groups is 1. The molecule has 28 heavy (non-hydrogen) atoms. The van der Waals surface area contributed by atoms with E-state index >= 15 is 0 Å². The molecular weight excluding hydrogens is 465 g/mol. The topological polar surface area (TPSA) is 75.0 Å². The van der Waals surface area contributed by atoms with Crippen LogP contribution in [0, 0.1) is 11.9 Å². The summed E-state index contributed by atoms with van der Waals surface area (Å²) in [5, 5.41) is 10.3. The number of rotatable bonds is 6. The molecule has 0 spiro atoms. The number of hydrogen-bond acceptors (Lipinski definition) is 5. The van der Waals surface area contributed by atoms with Gasteiger partial charge in [0.1, 0.15) is 6.73 Å². The number of hydrogen-bond donors (Lipinski definition) is 1. The first kappa shape index (κ1) is 21.7. The lowest BCUT2D eigenvalue weighted by atomic mass is 9.88. The summed E-state index contributed by atoms with van der Waals surface area (Å²) in [5.74, 6) is -0.407. The van der Waals surface area contributed by atoms with E-state index in [0.29, 0.717) is 21.8 Å². The first-order valence-corrected chi connectivity index (χ1v) is 14.6. The average molecular weight is 490 g/mol. The van der Waals surface area contributed by atoms with Gasteiger partial charge in [-0.2, -0.15) is 4.39 Å². The van der Waals surface area contributed by atoms with Crippen molar-refractivity contribution in [1.82, 2.24) is 9.88 Å². The van der Waals surface area contributed by atoms with E-state index in [4.69, 9.17) is 9.73 Å². The van der Waals surface area contributed by atoms with Gasteiger partial charge in [-0.15, -0.1) is 0 Å². The Kier molecular flexibility index (Phi) is 6.24. The lowest BCUT2D eigenvalue weighted by Gasteiger charge is -2.33. The predicted molar refractivity (Wildman–Crippen MR) is 115 cm³/mol.